The Hall–Kier alpha value is -2.11. The van der Waals surface area contributed by atoms with Gasteiger partial charge in [0.1, 0.15) is 5.56 Å². The predicted molar refractivity (Wildman–Crippen MR) is 75.0 cm³/mol. The van der Waals surface area contributed by atoms with Gasteiger partial charge in [-0.3, -0.25) is 9.36 Å². The molecule has 6 nitrogen and oxygen atoms in total. The van der Waals surface area contributed by atoms with Crippen LogP contribution in [0, 0.1) is 13.8 Å². The maximum absolute atomic E-state index is 11.2. The summed E-state index contributed by atoms with van der Waals surface area (Å²) in [5, 5.41) is 18.0. The van der Waals surface area contributed by atoms with Gasteiger partial charge in [0.05, 0.1) is 23.6 Å². The van der Waals surface area contributed by atoms with Gasteiger partial charge in [-0.1, -0.05) is 6.92 Å². The average molecular weight is 276 g/mol. The van der Waals surface area contributed by atoms with Gasteiger partial charge in [-0.2, -0.15) is 10.2 Å². The number of hydrogen-bond acceptors (Lipinski definition) is 3. The molecule has 0 aliphatic heterocycles. The Balaban J connectivity index is 2.24. The van der Waals surface area contributed by atoms with E-state index in [4.69, 9.17) is 5.11 Å². The van der Waals surface area contributed by atoms with Crippen LogP contribution in [0.5, 0.6) is 0 Å². The van der Waals surface area contributed by atoms with Crippen molar-refractivity contribution >= 4 is 5.97 Å². The van der Waals surface area contributed by atoms with Crippen molar-refractivity contribution in [2.24, 2.45) is 0 Å². The molecular formula is C14H20N4O2. The molecule has 0 amide bonds. The highest BCUT2D eigenvalue weighted by Gasteiger charge is 2.18. The van der Waals surface area contributed by atoms with Gasteiger partial charge in [0.15, 0.2) is 0 Å². The smallest absolute Gasteiger partial charge is 0.339 e. The molecule has 0 aromatic carbocycles. The zero-order valence-electron chi connectivity index (χ0n) is 12.3. The molecule has 0 spiro atoms. The van der Waals surface area contributed by atoms with E-state index in [0.717, 1.165) is 12.1 Å². The second-order valence-corrected chi connectivity index (χ2v) is 5.05. The van der Waals surface area contributed by atoms with Crippen molar-refractivity contribution in [2.75, 3.05) is 0 Å². The molecule has 0 radical (unpaired) electrons. The van der Waals surface area contributed by atoms with E-state index in [1.54, 1.807) is 18.5 Å². The SMILES string of the molecule is CCC(C)n1ccc(Cn2nc(C)c(C(=O)O)c2C)n1. The third kappa shape index (κ3) is 2.59. The molecule has 0 fully saturated rings. The summed E-state index contributed by atoms with van der Waals surface area (Å²) in [5.74, 6) is -0.934. The summed E-state index contributed by atoms with van der Waals surface area (Å²) in [5.41, 5.74) is 2.36. The molecule has 6 heteroatoms. The summed E-state index contributed by atoms with van der Waals surface area (Å²) in [6, 6.07) is 2.31. The molecule has 2 aromatic heterocycles. The lowest BCUT2D eigenvalue weighted by molar-refractivity contribution is 0.0695. The van der Waals surface area contributed by atoms with Crippen LogP contribution in [0.25, 0.3) is 0 Å². The molecule has 108 valence electrons. The molecule has 0 saturated carbocycles. The summed E-state index contributed by atoms with van der Waals surface area (Å²) in [7, 11) is 0. The van der Waals surface area contributed by atoms with Gasteiger partial charge >= 0.3 is 5.97 Å². The Kier molecular flexibility index (Phi) is 3.92. The number of aromatic carboxylic acids is 1. The lowest BCUT2D eigenvalue weighted by Gasteiger charge is -2.08. The largest absolute Gasteiger partial charge is 0.478 e. The van der Waals surface area contributed by atoms with Crippen LogP contribution < -0.4 is 0 Å². The number of nitrogens with zero attached hydrogens (tertiary/aromatic N) is 4. The first kappa shape index (κ1) is 14.3. The maximum Gasteiger partial charge on any atom is 0.339 e. The van der Waals surface area contributed by atoms with Crippen molar-refractivity contribution in [3.05, 3.63) is 34.9 Å². The second kappa shape index (κ2) is 5.48. The van der Waals surface area contributed by atoms with Crippen molar-refractivity contribution in [1.82, 2.24) is 19.6 Å². The lowest BCUT2D eigenvalue weighted by Crippen LogP contribution is -2.08. The van der Waals surface area contributed by atoms with Crippen LogP contribution in [0.4, 0.5) is 0 Å². The van der Waals surface area contributed by atoms with Gasteiger partial charge in [0.2, 0.25) is 0 Å². The van der Waals surface area contributed by atoms with E-state index in [1.165, 1.54) is 0 Å². The average Bonchev–Trinajstić information content (AvgIpc) is 2.95. The molecule has 2 rings (SSSR count). The summed E-state index contributed by atoms with van der Waals surface area (Å²) >= 11 is 0. The van der Waals surface area contributed by atoms with Crippen LogP contribution in [-0.4, -0.2) is 30.6 Å². The van der Waals surface area contributed by atoms with Crippen molar-refractivity contribution < 1.29 is 9.90 Å². The predicted octanol–water partition coefficient (Wildman–Crippen LogP) is 2.41. The van der Waals surface area contributed by atoms with Crippen molar-refractivity contribution in [3.63, 3.8) is 0 Å². The number of hydrogen-bond donors (Lipinski definition) is 1. The van der Waals surface area contributed by atoms with Crippen LogP contribution in [0.15, 0.2) is 12.3 Å². The third-order valence-corrected chi connectivity index (χ3v) is 3.61. The minimum atomic E-state index is -0.934. The van der Waals surface area contributed by atoms with E-state index < -0.39 is 5.97 Å². The molecule has 0 bridgehead atoms. The zero-order chi connectivity index (χ0) is 14.9. The molecule has 20 heavy (non-hydrogen) atoms. The molecule has 1 atom stereocenters. The van der Waals surface area contributed by atoms with Gasteiger partial charge < -0.3 is 5.11 Å². The third-order valence-electron chi connectivity index (χ3n) is 3.61. The lowest BCUT2D eigenvalue weighted by atomic mass is 10.2. The second-order valence-electron chi connectivity index (χ2n) is 5.05. The number of carboxylic acids is 1. The van der Waals surface area contributed by atoms with Crippen molar-refractivity contribution in [3.8, 4) is 0 Å². The van der Waals surface area contributed by atoms with Crippen LogP contribution in [-0.2, 0) is 6.54 Å². The standard InChI is InChI=1S/C14H20N4O2/c1-5-9(2)17-7-6-12(16-17)8-18-11(4)13(14(19)20)10(3)15-18/h6-7,9H,5,8H2,1-4H3,(H,19,20). The Morgan fingerprint density at radius 3 is 2.65 bits per heavy atom. The molecule has 2 aromatic rings. The van der Waals surface area contributed by atoms with Crippen molar-refractivity contribution in [1.29, 1.82) is 0 Å². The summed E-state index contributed by atoms with van der Waals surface area (Å²) < 4.78 is 3.63. The normalized spacial score (nSPS) is 12.6. The molecule has 1 unspecified atom stereocenters. The Labute approximate surface area is 118 Å². The quantitative estimate of drug-likeness (QED) is 0.910. The van der Waals surface area contributed by atoms with Gasteiger partial charge in [-0.15, -0.1) is 0 Å². The molecule has 0 saturated heterocycles. The van der Waals surface area contributed by atoms with E-state index in [9.17, 15) is 4.79 Å². The molecular weight excluding hydrogens is 256 g/mol. The van der Waals surface area contributed by atoms with E-state index in [1.807, 2.05) is 16.9 Å². The Bertz CT molecular complexity index is 627. The molecule has 0 aliphatic rings. The highest BCUT2D eigenvalue weighted by Crippen LogP contribution is 2.15. The molecule has 1 N–H and O–H groups in total. The van der Waals surface area contributed by atoms with Crippen LogP contribution in [0.2, 0.25) is 0 Å². The van der Waals surface area contributed by atoms with E-state index in [0.29, 0.717) is 24.0 Å². The summed E-state index contributed by atoms with van der Waals surface area (Å²) in [6.07, 6.45) is 2.97. The number of carbonyl (C=O) groups is 1. The minimum absolute atomic E-state index is 0.284. The number of carboxylic acid groups (broad SMARTS) is 1. The van der Waals surface area contributed by atoms with Gasteiger partial charge in [-0.05, 0) is 33.3 Å². The van der Waals surface area contributed by atoms with Gasteiger partial charge in [-0.25, -0.2) is 4.79 Å². The topological polar surface area (TPSA) is 72.9 Å². The molecule has 2 heterocycles. The summed E-state index contributed by atoms with van der Waals surface area (Å²) in [6.45, 7) is 8.21. The van der Waals surface area contributed by atoms with Crippen LogP contribution in [0.1, 0.15) is 53.7 Å². The Morgan fingerprint density at radius 1 is 1.40 bits per heavy atom. The summed E-state index contributed by atoms with van der Waals surface area (Å²) in [4.78, 5) is 11.2. The van der Waals surface area contributed by atoms with Gasteiger partial charge in [0.25, 0.3) is 0 Å². The first-order valence-corrected chi connectivity index (χ1v) is 6.75. The maximum atomic E-state index is 11.2. The molecule has 0 aliphatic carbocycles. The fourth-order valence-corrected chi connectivity index (χ4v) is 2.21. The van der Waals surface area contributed by atoms with E-state index >= 15 is 0 Å². The van der Waals surface area contributed by atoms with Crippen LogP contribution in [0.3, 0.4) is 0 Å². The number of rotatable bonds is 5. The fraction of sp³-hybridized carbons (Fsp3) is 0.500. The number of aromatic nitrogens is 4. The van der Waals surface area contributed by atoms with Crippen LogP contribution >= 0.6 is 0 Å². The van der Waals surface area contributed by atoms with Crippen molar-refractivity contribution in [2.45, 2.75) is 46.7 Å². The Morgan fingerprint density at radius 2 is 2.10 bits per heavy atom. The monoisotopic (exact) mass is 276 g/mol. The first-order valence-electron chi connectivity index (χ1n) is 6.75. The highest BCUT2D eigenvalue weighted by molar-refractivity contribution is 5.90. The zero-order valence-corrected chi connectivity index (χ0v) is 12.3. The minimum Gasteiger partial charge on any atom is -0.478 e. The number of aryl methyl sites for hydroxylation is 1. The highest BCUT2D eigenvalue weighted by atomic mass is 16.4. The van der Waals surface area contributed by atoms with E-state index in [-0.39, 0.29) is 5.56 Å². The first-order chi connectivity index (χ1) is 9.43. The fourth-order valence-electron chi connectivity index (χ4n) is 2.21. The van der Waals surface area contributed by atoms with E-state index in [2.05, 4.69) is 24.0 Å². The van der Waals surface area contributed by atoms with Gasteiger partial charge in [0, 0.05) is 12.2 Å².